The number of hydrogen-bond donors (Lipinski definition) is 1. The van der Waals surface area contributed by atoms with Crippen LogP contribution in [-0.4, -0.2) is 29.7 Å². The molecule has 1 amide bonds. The Hall–Kier alpha value is -2.87. The molecule has 0 heterocycles. The molecule has 0 saturated heterocycles. The summed E-state index contributed by atoms with van der Waals surface area (Å²) in [5, 5.41) is 13.6. The van der Waals surface area contributed by atoms with Crippen LogP contribution < -0.4 is 5.32 Å². The second-order valence-electron chi connectivity index (χ2n) is 4.63. The highest BCUT2D eigenvalue weighted by atomic mass is 32.2. The molecule has 124 valence electrons. The highest BCUT2D eigenvalue weighted by Gasteiger charge is 2.18. The van der Waals surface area contributed by atoms with E-state index in [0.717, 1.165) is 6.07 Å². The molecular formula is C16H14N2O5S. The van der Waals surface area contributed by atoms with Gasteiger partial charge in [0.05, 0.1) is 15.4 Å². The zero-order valence-electron chi connectivity index (χ0n) is 12.7. The lowest BCUT2D eigenvalue weighted by atomic mass is 10.2. The van der Waals surface area contributed by atoms with Crippen LogP contribution in [0, 0.1) is 10.1 Å². The number of thioether (sulfide) groups is 1. The minimum atomic E-state index is -0.797. The van der Waals surface area contributed by atoms with Crippen LogP contribution in [0.4, 0.5) is 11.4 Å². The third kappa shape index (κ3) is 4.56. The van der Waals surface area contributed by atoms with Crippen LogP contribution in [0.1, 0.15) is 10.4 Å². The lowest BCUT2D eigenvalue weighted by Crippen LogP contribution is -2.20. The normalized spacial score (nSPS) is 10.0. The Bertz CT molecular complexity index is 764. The molecule has 0 aliphatic heterocycles. The zero-order valence-corrected chi connectivity index (χ0v) is 13.5. The molecule has 0 fully saturated rings. The lowest BCUT2D eigenvalue weighted by molar-refractivity contribution is -0.387. The fourth-order valence-electron chi connectivity index (χ4n) is 1.89. The number of carbonyl (C=O) groups is 2. The molecule has 0 saturated carbocycles. The summed E-state index contributed by atoms with van der Waals surface area (Å²) < 4.78 is 4.89. The Labute approximate surface area is 142 Å². The summed E-state index contributed by atoms with van der Waals surface area (Å²) in [4.78, 5) is 34.5. The number of benzene rings is 2. The maximum atomic E-state index is 11.9. The average molecular weight is 346 g/mol. The van der Waals surface area contributed by atoms with E-state index in [1.165, 1.54) is 23.9 Å². The van der Waals surface area contributed by atoms with Crippen molar-refractivity contribution in [2.75, 3.05) is 18.2 Å². The van der Waals surface area contributed by atoms with Crippen molar-refractivity contribution in [3.8, 4) is 0 Å². The van der Waals surface area contributed by atoms with Gasteiger partial charge in [0.1, 0.15) is 0 Å². The van der Waals surface area contributed by atoms with Crippen molar-refractivity contribution in [1.29, 1.82) is 0 Å². The number of anilines is 1. The molecule has 1 N–H and O–H groups in total. The van der Waals surface area contributed by atoms with Gasteiger partial charge in [-0.1, -0.05) is 18.2 Å². The first-order valence-electron chi connectivity index (χ1n) is 6.85. The van der Waals surface area contributed by atoms with Crippen LogP contribution in [0.25, 0.3) is 0 Å². The van der Waals surface area contributed by atoms with E-state index in [2.05, 4.69) is 5.32 Å². The quantitative estimate of drug-likeness (QED) is 0.373. The van der Waals surface area contributed by atoms with Gasteiger partial charge in [-0.2, -0.15) is 0 Å². The number of para-hydroxylation sites is 1. The van der Waals surface area contributed by atoms with Gasteiger partial charge in [-0.05, 0) is 30.5 Å². The van der Waals surface area contributed by atoms with Crippen molar-refractivity contribution < 1.29 is 19.2 Å². The predicted octanol–water partition coefficient (Wildman–Crippen LogP) is 3.11. The van der Waals surface area contributed by atoms with Gasteiger partial charge in [-0.25, -0.2) is 4.79 Å². The Balaban J connectivity index is 1.98. The van der Waals surface area contributed by atoms with Crippen LogP contribution in [0.15, 0.2) is 53.4 Å². The first kappa shape index (κ1) is 17.5. The van der Waals surface area contributed by atoms with Crippen LogP contribution >= 0.6 is 11.8 Å². The van der Waals surface area contributed by atoms with Gasteiger partial charge in [0.15, 0.2) is 6.61 Å². The van der Waals surface area contributed by atoms with Crippen molar-refractivity contribution in [3.05, 3.63) is 64.2 Å². The Kier molecular flexibility index (Phi) is 5.91. The number of nitro benzene ring substituents is 1. The summed E-state index contributed by atoms with van der Waals surface area (Å²) in [5.74, 6) is -1.29. The first-order valence-corrected chi connectivity index (χ1v) is 8.08. The maximum Gasteiger partial charge on any atom is 0.338 e. The minimum Gasteiger partial charge on any atom is -0.452 e. The molecule has 0 aliphatic rings. The maximum absolute atomic E-state index is 11.9. The van der Waals surface area contributed by atoms with Gasteiger partial charge in [0.25, 0.3) is 11.6 Å². The molecule has 0 atom stereocenters. The van der Waals surface area contributed by atoms with Gasteiger partial charge in [-0.15, -0.1) is 11.8 Å². The Morgan fingerprint density at radius 3 is 2.54 bits per heavy atom. The summed E-state index contributed by atoms with van der Waals surface area (Å²) in [6.45, 7) is -0.480. The number of nitro groups is 1. The van der Waals surface area contributed by atoms with Gasteiger partial charge in [0.2, 0.25) is 0 Å². The van der Waals surface area contributed by atoms with Crippen LogP contribution in [0.5, 0.6) is 0 Å². The SMILES string of the molecule is CSc1ccc(C(=O)OCC(=O)Nc2ccccc2)cc1[N+](=O)[O-]. The molecule has 0 aliphatic carbocycles. The van der Waals surface area contributed by atoms with Gasteiger partial charge in [0, 0.05) is 11.8 Å². The smallest absolute Gasteiger partial charge is 0.338 e. The van der Waals surface area contributed by atoms with Gasteiger partial charge in [-0.3, -0.25) is 14.9 Å². The molecule has 0 unspecified atom stereocenters. The Morgan fingerprint density at radius 2 is 1.92 bits per heavy atom. The molecule has 0 spiro atoms. The number of nitrogens with one attached hydrogen (secondary N) is 1. The summed E-state index contributed by atoms with van der Waals surface area (Å²) in [6, 6.07) is 12.8. The van der Waals surface area contributed by atoms with E-state index < -0.39 is 23.4 Å². The van der Waals surface area contributed by atoms with E-state index in [4.69, 9.17) is 4.74 Å². The molecule has 2 rings (SSSR count). The molecule has 8 heteroatoms. The fourth-order valence-corrected chi connectivity index (χ4v) is 2.44. The van der Waals surface area contributed by atoms with E-state index in [9.17, 15) is 19.7 Å². The van der Waals surface area contributed by atoms with Crippen molar-refractivity contribution in [2.24, 2.45) is 0 Å². The largest absolute Gasteiger partial charge is 0.452 e. The molecule has 0 aromatic heterocycles. The standard InChI is InChI=1S/C16H14N2O5S/c1-24-14-8-7-11(9-13(14)18(21)22)16(20)23-10-15(19)17-12-5-3-2-4-6-12/h2-9H,10H2,1H3,(H,17,19). The van der Waals surface area contributed by atoms with Crippen molar-refractivity contribution >= 4 is 35.0 Å². The third-order valence-corrected chi connectivity index (χ3v) is 3.79. The number of carbonyl (C=O) groups excluding carboxylic acids is 2. The molecule has 0 bridgehead atoms. The van der Waals surface area contributed by atoms with E-state index >= 15 is 0 Å². The van der Waals surface area contributed by atoms with Crippen LogP contribution in [0.3, 0.4) is 0 Å². The second kappa shape index (κ2) is 8.11. The summed E-state index contributed by atoms with van der Waals surface area (Å²) >= 11 is 1.21. The molecular weight excluding hydrogens is 332 g/mol. The molecule has 2 aromatic carbocycles. The van der Waals surface area contributed by atoms with Crippen LogP contribution in [-0.2, 0) is 9.53 Å². The number of esters is 1. The van der Waals surface area contributed by atoms with E-state index in [-0.39, 0.29) is 11.3 Å². The topological polar surface area (TPSA) is 98.5 Å². The number of amides is 1. The second-order valence-corrected chi connectivity index (χ2v) is 5.48. The lowest BCUT2D eigenvalue weighted by Gasteiger charge is -2.07. The molecule has 7 nitrogen and oxygen atoms in total. The highest BCUT2D eigenvalue weighted by molar-refractivity contribution is 7.98. The number of nitrogens with zero attached hydrogens (tertiary/aromatic N) is 1. The average Bonchev–Trinajstić information content (AvgIpc) is 2.59. The summed E-state index contributed by atoms with van der Waals surface area (Å²) in [6.07, 6.45) is 1.70. The van der Waals surface area contributed by atoms with Crippen molar-refractivity contribution in [1.82, 2.24) is 0 Å². The first-order chi connectivity index (χ1) is 11.5. The Morgan fingerprint density at radius 1 is 1.21 bits per heavy atom. The van der Waals surface area contributed by atoms with E-state index in [1.807, 2.05) is 0 Å². The van der Waals surface area contributed by atoms with Crippen molar-refractivity contribution in [3.63, 3.8) is 0 Å². The summed E-state index contributed by atoms with van der Waals surface area (Å²) in [7, 11) is 0. The van der Waals surface area contributed by atoms with Crippen molar-refractivity contribution in [2.45, 2.75) is 4.90 Å². The number of hydrogen-bond acceptors (Lipinski definition) is 6. The fraction of sp³-hybridized carbons (Fsp3) is 0.125. The molecule has 2 aromatic rings. The molecule has 24 heavy (non-hydrogen) atoms. The summed E-state index contributed by atoms with van der Waals surface area (Å²) in [5.41, 5.74) is 0.427. The minimum absolute atomic E-state index is 0.0204. The van der Waals surface area contributed by atoms with Gasteiger partial charge < -0.3 is 10.1 Å². The highest BCUT2D eigenvalue weighted by Crippen LogP contribution is 2.28. The zero-order chi connectivity index (χ0) is 17.5. The van der Waals surface area contributed by atoms with E-state index in [0.29, 0.717) is 10.6 Å². The van der Waals surface area contributed by atoms with E-state index in [1.54, 1.807) is 36.6 Å². The van der Waals surface area contributed by atoms with Gasteiger partial charge >= 0.3 is 5.97 Å². The third-order valence-electron chi connectivity index (χ3n) is 3.00. The predicted molar refractivity (Wildman–Crippen MR) is 90.2 cm³/mol. The number of rotatable bonds is 6. The molecule has 0 radical (unpaired) electrons. The monoisotopic (exact) mass is 346 g/mol. The number of ether oxygens (including phenoxy) is 1. The van der Waals surface area contributed by atoms with Crippen LogP contribution in [0.2, 0.25) is 0 Å².